The quantitative estimate of drug-likeness (QED) is 0.670. The van der Waals surface area contributed by atoms with E-state index >= 15 is 0 Å². The van der Waals surface area contributed by atoms with E-state index in [1.54, 1.807) is 6.33 Å². The van der Waals surface area contributed by atoms with Gasteiger partial charge in [0.25, 0.3) is 0 Å². The van der Waals surface area contributed by atoms with Crippen LogP contribution in [0.4, 0.5) is 11.8 Å². The molecule has 0 unspecified atom stereocenters. The van der Waals surface area contributed by atoms with Crippen LogP contribution in [0.25, 0.3) is 11.3 Å². The summed E-state index contributed by atoms with van der Waals surface area (Å²) >= 11 is 0. The van der Waals surface area contributed by atoms with Crippen molar-refractivity contribution in [2.24, 2.45) is 7.05 Å². The molecule has 0 spiro atoms. The summed E-state index contributed by atoms with van der Waals surface area (Å²) in [6, 6.07) is 0.323. The van der Waals surface area contributed by atoms with Crippen LogP contribution in [0.5, 0.6) is 0 Å². The number of nitrogens with zero attached hydrogens (tertiary/aromatic N) is 4. The smallest absolute Gasteiger partial charge is 0.224 e. The van der Waals surface area contributed by atoms with Gasteiger partial charge in [-0.25, -0.2) is 9.97 Å². The molecule has 0 saturated heterocycles. The lowest BCUT2D eigenvalue weighted by molar-refractivity contribution is 0.126. The van der Waals surface area contributed by atoms with Crippen molar-refractivity contribution < 1.29 is 5.11 Å². The highest BCUT2D eigenvalue weighted by Gasteiger charge is 2.21. The lowest BCUT2D eigenvalue weighted by Crippen LogP contribution is -2.29. The summed E-state index contributed by atoms with van der Waals surface area (Å²) in [6.45, 7) is 3.03. The van der Waals surface area contributed by atoms with Gasteiger partial charge >= 0.3 is 0 Å². The molecule has 0 aromatic carbocycles. The Labute approximate surface area is 148 Å². The number of hydrogen-bond donors (Lipinski definition) is 3. The molecule has 0 aliphatic heterocycles. The first-order chi connectivity index (χ1) is 12.2. The molecule has 1 aliphatic rings. The van der Waals surface area contributed by atoms with Crippen molar-refractivity contribution in [3.63, 3.8) is 0 Å². The standard InChI is InChI=1S/C18H28N6O/c1-3-4-9-19-18-20-10-15(16-11-24(2)12-21-16)17(23-18)22-13-5-7-14(25)8-6-13/h10-14,25H,3-9H2,1-2H3,(H2,19,20,22,23). The van der Waals surface area contributed by atoms with Crippen molar-refractivity contribution >= 4 is 11.8 Å². The molecule has 0 amide bonds. The van der Waals surface area contributed by atoms with Crippen molar-refractivity contribution in [3.05, 3.63) is 18.7 Å². The second-order valence-corrected chi connectivity index (χ2v) is 6.81. The third-order valence-corrected chi connectivity index (χ3v) is 4.62. The SMILES string of the molecule is CCCCNc1ncc(-c2cn(C)cn2)c(NC2CCC(O)CC2)n1. The lowest BCUT2D eigenvalue weighted by atomic mass is 9.93. The van der Waals surface area contributed by atoms with Gasteiger partial charge in [0.1, 0.15) is 5.82 Å². The fraction of sp³-hybridized carbons (Fsp3) is 0.611. The molecule has 136 valence electrons. The number of aliphatic hydroxyl groups excluding tert-OH is 1. The average Bonchev–Trinajstić information content (AvgIpc) is 3.04. The maximum Gasteiger partial charge on any atom is 0.224 e. The van der Waals surface area contributed by atoms with Gasteiger partial charge in [-0.1, -0.05) is 13.3 Å². The molecular formula is C18H28N6O. The molecule has 0 atom stereocenters. The normalized spacial score (nSPS) is 20.4. The molecule has 2 aromatic heterocycles. The van der Waals surface area contributed by atoms with E-state index in [0.717, 1.165) is 62.1 Å². The minimum absolute atomic E-state index is 0.162. The third kappa shape index (κ3) is 4.69. The summed E-state index contributed by atoms with van der Waals surface area (Å²) in [7, 11) is 1.95. The van der Waals surface area contributed by atoms with Gasteiger partial charge in [-0.2, -0.15) is 4.98 Å². The van der Waals surface area contributed by atoms with E-state index in [1.807, 2.05) is 24.0 Å². The highest BCUT2D eigenvalue weighted by molar-refractivity contribution is 5.72. The van der Waals surface area contributed by atoms with Crippen LogP contribution in [0.3, 0.4) is 0 Å². The van der Waals surface area contributed by atoms with Crippen LogP contribution in [0.2, 0.25) is 0 Å². The summed E-state index contributed by atoms with van der Waals surface area (Å²) in [6.07, 6.45) is 11.2. The Morgan fingerprint density at radius 2 is 2.04 bits per heavy atom. The summed E-state index contributed by atoms with van der Waals surface area (Å²) in [5.74, 6) is 1.46. The minimum Gasteiger partial charge on any atom is -0.393 e. The van der Waals surface area contributed by atoms with Crippen molar-refractivity contribution in [3.8, 4) is 11.3 Å². The van der Waals surface area contributed by atoms with Crippen molar-refractivity contribution in [2.75, 3.05) is 17.2 Å². The molecule has 7 heteroatoms. The van der Waals surface area contributed by atoms with E-state index in [4.69, 9.17) is 4.98 Å². The van der Waals surface area contributed by atoms with Crippen LogP contribution in [-0.4, -0.2) is 43.3 Å². The molecule has 25 heavy (non-hydrogen) atoms. The van der Waals surface area contributed by atoms with Crippen molar-refractivity contribution in [1.29, 1.82) is 0 Å². The third-order valence-electron chi connectivity index (χ3n) is 4.62. The number of aliphatic hydroxyl groups is 1. The topological polar surface area (TPSA) is 87.9 Å². The van der Waals surface area contributed by atoms with E-state index in [2.05, 4.69) is 27.5 Å². The molecule has 3 N–H and O–H groups in total. The highest BCUT2D eigenvalue weighted by atomic mass is 16.3. The van der Waals surface area contributed by atoms with Crippen LogP contribution in [0.1, 0.15) is 45.4 Å². The molecule has 2 heterocycles. The number of rotatable bonds is 7. The number of nitrogens with one attached hydrogen (secondary N) is 2. The largest absolute Gasteiger partial charge is 0.393 e. The molecule has 2 aromatic rings. The summed E-state index contributed by atoms with van der Waals surface area (Å²) < 4.78 is 1.92. The van der Waals surface area contributed by atoms with Gasteiger partial charge in [0.2, 0.25) is 5.95 Å². The zero-order chi connectivity index (χ0) is 17.6. The monoisotopic (exact) mass is 344 g/mol. The number of aromatic nitrogens is 4. The molecule has 0 bridgehead atoms. The number of unbranched alkanes of at least 4 members (excludes halogenated alkanes) is 1. The lowest BCUT2D eigenvalue weighted by Gasteiger charge is -2.27. The van der Waals surface area contributed by atoms with Gasteiger partial charge in [-0.3, -0.25) is 0 Å². The van der Waals surface area contributed by atoms with Crippen LogP contribution < -0.4 is 10.6 Å². The fourth-order valence-electron chi connectivity index (χ4n) is 3.11. The minimum atomic E-state index is -0.162. The van der Waals surface area contributed by atoms with Crippen LogP contribution in [0.15, 0.2) is 18.7 Å². The Morgan fingerprint density at radius 3 is 2.72 bits per heavy atom. The Kier molecular flexibility index (Phi) is 5.86. The summed E-state index contributed by atoms with van der Waals surface area (Å²) in [5, 5.41) is 16.6. The van der Waals surface area contributed by atoms with Crippen molar-refractivity contribution in [2.45, 2.75) is 57.6 Å². The number of anilines is 2. The van der Waals surface area contributed by atoms with E-state index < -0.39 is 0 Å². The number of hydrogen-bond acceptors (Lipinski definition) is 6. The highest BCUT2D eigenvalue weighted by Crippen LogP contribution is 2.28. The van der Waals surface area contributed by atoms with E-state index in [0.29, 0.717) is 12.0 Å². The first kappa shape index (κ1) is 17.7. The maximum absolute atomic E-state index is 9.72. The maximum atomic E-state index is 9.72. The second-order valence-electron chi connectivity index (χ2n) is 6.81. The predicted molar refractivity (Wildman–Crippen MR) is 99.5 cm³/mol. The molecule has 1 fully saturated rings. The van der Waals surface area contributed by atoms with Gasteiger partial charge < -0.3 is 20.3 Å². The number of aryl methyl sites for hydroxylation is 1. The van der Waals surface area contributed by atoms with Crippen LogP contribution in [0, 0.1) is 0 Å². The van der Waals surface area contributed by atoms with Gasteiger partial charge in [-0.15, -0.1) is 0 Å². The molecule has 3 rings (SSSR count). The van der Waals surface area contributed by atoms with Gasteiger partial charge in [0.15, 0.2) is 0 Å². The first-order valence-electron chi connectivity index (χ1n) is 9.19. The summed E-state index contributed by atoms with van der Waals surface area (Å²) in [5.41, 5.74) is 1.77. The van der Waals surface area contributed by atoms with E-state index in [-0.39, 0.29) is 6.10 Å². The Hall–Kier alpha value is -2.15. The molecule has 1 saturated carbocycles. The fourth-order valence-corrected chi connectivity index (χ4v) is 3.11. The average molecular weight is 344 g/mol. The number of imidazole rings is 1. The van der Waals surface area contributed by atoms with Gasteiger partial charge in [0, 0.05) is 32.0 Å². The van der Waals surface area contributed by atoms with E-state index in [1.165, 1.54) is 0 Å². The summed E-state index contributed by atoms with van der Waals surface area (Å²) in [4.78, 5) is 13.6. The zero-order valence-electron chi connectivity index (χ0n) is 15.1. The Morgan fingerprint density at radius 1 is 1.24 bits per heavy atom. The van der Waals surface area contributed by atoms with Crippen LogP contribution in [-0.2, 0) is 7.05 Å². The zero-order valence-corrected chi connectivity index (χ0v) is 15.1. The van der Waals surface area contributed by atoms with Gasteiger partial charge in [0.05, 0.1) is 23.7 Å². The van der Waals surface area contributed by atoms with E-state index in [9.17, 15) is 5.11 Å². The van der Waals surface area contributed by atoms with Crippen molar-refractivity contribution in [1.82, 2.24) is 19.5 Å². The Balaban J connectivity index is 1.81. The van der Waals surface area contributed by atoms with Gasteiger partial charge in [-0.05, 0) is 32.1 Å². The first-order valence-corrected chi connectivity index (χ1v) is 9.19. The molecule has 1 aliphatic carbocycles. The molecule has 7 nitrogen and oxygen atoms in total. The predicted octanol–water partition coefficient (Wildman–Crippen LogP) is 2.80. The van der Waals surface area contributed by atoms with Crippen LogP contribution >= 0.6 is 0 Å². The molecule has 0 radical (unpaired) electrons. The Bertz CT molecular complexity index is 678. The molecular weight excluding hydrogens is 316 g/mol. The second kappa shape index (κ2) is 8.29.